The van der Waals surface area contributed by atoms with Gasteiger partial charge in [-0.15, -0.1) is 12.4 Å². The Morgan fingerprint density at radius 3 is 2.33 bits per heavy atom. The summed E-state index contributed by atoms with van der Waals surface area (Å²) in [6.07, 6.45) is 0.220. The average Bonchev–Trinajstić information content (AvgIpc) is 3.05. The van der Waals surface area contributed by atoms with Gasteiger partial charge in [-0.2, -0.15) is 0 Å². The molecule has 4 rings (SSSR count). The van der Waals surface area contributed by atoms with E-state index < -0.39 is 6.10 Å². The Hall–Kier alpha value is -3.06. The lowest BCUT2D eigenvalue weighted by Crippen LogP contribution is -2.19. The van der Waals surface area contributed by atoms with Crippen LogP contribution in [0.5, 0.6) is 5.75 Å². The van der Waals surface area contributed by atoms with E-state index in [9.17, 15) is 9.90 Å². The van der Waals surface area contributed by atoms with E-state index >= 15 is 0 Å². The van der Waals surface area contributed by atoms with Crippen LogP contribution in [0.3, 0.4) is 0 Å². The zero-order valence-electron chi connectivity index (χ0n) is 18.9. The Balaban J connectivity index is 0.00000306. The van der Waals surface area contributed by atoms with E-state index in [1.165, 1.54) is 11.1 Å². The lowest BCUT2D eigenvalue weighted by molar-refractivity contribution is 0.108. The molecule has 1 unspecified atom stereocenters. The number of hydrogen-bond acceptors (Lipinski definition) is 4. The molecule has 0 radical (unpaired) electrons. The lowest BCUT2D eigenvalue weighted by atomic mass is 10.1. The SMILES string of the molecule is Cl.Cn1c(=O)n(C)c2cc(C(O)COc3ccc(CNCCc4ccccc4)cc3)ccc21. The van der Waals surface area contributed by atoms with Gasteiger partial charge in [0.2, 0.25) is 0 Å². The summed E-state index contributed by atoms with van der Waals surface area (Å²) in [4.78, 5) is 12.1. The van der Waals surface area contributed by atoms with Crippen molar-refractivity contribution in [2.45, 2.75) is 19.1 Å². The molecule has 6 nitrogen and oxygen atoms in total. The first-order valence-electron chi connectivity index (χ1n) is 10.8. The number of aromatic nitrogens is 2. The fourth-order valence-electron chi connectivity index (χ4n) is 3.82. The molecular formula is C26H30ClN3O3. The minimum Gasteiger partial charge on any atom is -0.491 e. The number of aryl methyl sites for hydroxylation is 2. The van der Waals surface area contributed by atoms with Gasteiger partial charge in [0.1, 0.15) is 18.5 Å². The first-order chi connectivity index (χ1) is 15.5. The highest BCUT2D eigenvalue weighted by atomic mass is 35.5. The summed E-state index contributed by atoms with van der Waals surface area (Å²) in [6.45, 7) is 1.86. The molecule has 0 fully saturated rings. The molecule has 2 N–H and O–H groups in total. The van der Waals surface area contributed by atoms with Gasteiger partial charge in [0.05, 0.1) is 11.0 Å². The summed E-state index contributed by atoms with van der Waals surface area (Å²) < 4.78 is 8.97. The van der Waals surface area contributed by atoms with Gasteiger partial charge in [-0.1, -0.05) is 48.5 Å². The first kappa shape index (κ1) is 24.6. The summed E-state index contributed by atoms with van der Waals surface area (Å²) in [5, 5.41) is 14.0. The third-order valence-electron chi connectivity index (χ3n) is 5.77. The Bertz CT molecular complexity index is 1230. The topological polar surface area (TPSA) is 68.4 Å². The summed E-state index contributed by atoms with van der Waals surface area (Å²) in [5.41, 5.74) is 4.77. The monoisotopic (exact) mass is 467 g/mol. The van der Waals surface area contributed by atoms with E-state index in [1.807, 2.05) is 48.5 Å². The van der Waals surface area contributed by atoms with Crippen LogP contribution in [0, 0.1) is 0 Å². The molecule has 4 aromatic rings. The van der Waals surface area contributed by atoms with Crippen molar-refractivity contribution in [1.82, 2.24) is 14.5 Å². The van der Waals surface area contributed by atoms with Crippen molar-refractivity contribution in [3.8, 4) is 5.75 Å². The maximum atomic E-state index is 12.1. The van der Waals surface area contributed by atoms with Crippen molar-refractivity contribution in [2.75, 3.05) is 13.2 Å². The zero-order chi connectivity index (χ0) is 22.5. The van der Waals surface area contributed by atoms with Crippen LogP contribution in [0.15, 0.2) is 77.6 Å². The molecular weight excluding hydrogens is 438 g/mol. The number of fused-ring (bicyclic) bond motifs is 1. The minimum absolute atomic E-state index is 0. The third kappa shape index (κ3) is 5.85. The largest absolute Gasteiger partial charge is 0.491 e. The van der Waals surface area contributed by atoms with Crippen molar-refractivity contribution in [2.24, 2.45) is 14.1 Å². The molecule has 1 atom stereocenters. The first-order valence-corrected chi connectivity index (χ1v) is 10.8. The quantitative estimate of drug-likeness (QED) is 0.368. The number of nitrogens with zero attached hydrogens (tertiary/aromatic N) is 2. The van der Waals surface area contributed by atoms with Crippen LogP contribution in [0.25, 0.3) is 11.0 Å². The van der Waals surface area contributed by atoms with Crippen LogP contribution in [0.1, 0.15) is 22.8 Å². The number of aliphatic hydroxyl groups is 1. The van der Waals surface area contributed by atoms with Crippen LogP contribution in [-0.2, 0) is 27.1 Å². The van der Waals surface area contributed by atoms with Crippen molar-refractivity contribution >= 4 is 23.4 Å². The number of rotatable bonds is 9. The normalized spacial score (nSPS) is 11.8. The van der Waals surface area contributed by atoms with Crippen molar-refractivity contribution < 1.29 is 9.84 Å². The summed E-state index contributed by atoms with van der Waals surface area (Å²) in [5.74, 6) is 0.713. The van der Waals surface area contributed by atoms with Crippen molar-refractivity contribution in [3.05, 3.63) is 100.0 Å². The molecule has 7 heteroatoms. The molecule has 0 spiro atoms. The lowest BCUT2D eigenvalue weighted by Gasteiger charge is -2.14. The maximum absolute atomic E-state index is 12.1. The standard InChI is InChI=1S/C26H29N3O3.ClH/c1-28-23-13-10-21(16-24(23)29(2)26(28)31)25(30)18-32-22-11-8-20(9-12-22)17-27-15-14-19-6-4-3-5-7-19;/h3-13,16,25,27,30H,14-15,17-18H2,1-2H3;1H. The highest BCUT2D eigenvalue weighted by molar-refractivity contribution is 5.85. The molecule has 0 aliphatic rings. The summed E-state index contributed by atoms with van der Waals surface area (Å²) >= 11 is 0. The molecule has 0 aliphatic carbocycles. The zero-order valence-corrected chi connectivity index (χ0v) is 19.7. The van der Waals surface area contributed by atoms with Crippen LogP contribution < -0.4 is 15.7 Å². The smallest absolute Gasteiger partial charge is 0.328 e. The van der Waals surface area contributed by atoms with Gasteiger partial charge in [-0.05, 0) is 53.9 Å². The van der Waals surface area contributed by atoms with Crippen LogP contribution in [0.2, 0.25) is 0 Å². The fourth-order valence-corrected chi connectivity index (χ4v) is 3.82. The van der Waals surface area contributed by atoms with Gasteiger partial charge in [0, 0.05) is 20.6 Å². The molecule has 174 valence electrons. The predicted molar refractivity (Wildman–Crippen MR) is 134 cm³/mol. The molecule has 0 saturated carbocycles. The van der Waals surface area contributed by atoms with E-state index in [-0.39, 0.29) is 24.7 Å². The second kappa shape index (κ2) is 11.2. The Morgan fingerprint density at radius 1 is 0.909 bits per heavy atom. The molecule has 0 saturated heterocycles. The number of benzene rings is 3. The maximum Gasteiger partial charge on any atom is 0.328 e. The fraction of sp³-hybridized carbons (Fsp3) is 0.269. The van der Waals surface area contributed by atoms with Crippen LogP contribution in [-0.4, -0.2) is 27.4 Å². The molecule has 0 amide bonds. The average molecular weight is 468 g/mol. The molecule has 3 aromatic carbocycles. The minimum atomic E-state index is -0.783. The van der Waals surface area contributed by atoms with Gasteiger partial charge < -0.3 is 15.2 Å². The number of halogens is 1. The number of aliphatic hydroxyl groups excluding tert-OH is 1. The van der Waals surface area contributed by atoms with E-state index in [0.717, 1.165) is 36.1 Å². The van der Waals surface area contributed by atoms with E-state index in [4.69, 9.17) is 4.74 Å². The Kier molecular flexibility index (Phi) is 8.33. The molecule has 0 aliphatic heterocycles. The molecule has 33 heavy (non-hydrogen) atoms. The van der Waals surface area contributed by atoms with E-state index in [0.29, 0.717) is 5.75 Å². The second-order valence-corrected chi connectivity index (χ2v) is 8.03. The number of ether oxygens (including phenoxy) is 1. The second-order valence-electron chi connectivity index (χ2n) is 8.03. The summed E-state index contributed by atoms with van der Waals surface area (Å²) in [7, 11) is 3.47. The van der Waals surface area contributed by atoms with Crippen LogP contribution >= 0.6 is 12.4 Å². The Morgan fingerprint density at radius 2 is 1.61 bits per heavy atom. The highest BCUT2D eigenvalue weighted by Gasteiger charge is 2.13. The van der Waals surface area contributed by atoms with E-state index in [1.54, 1.807) is 23.2 Å². The van der Waals surface area contributed by atoms with Gasteiger partial charge >= 0.3 is 5.69 Å². The van der Waals surface area contributed by atoms with Crippen molar-refractivity contribution in [3.63, 3.8) is 0 Å². The third-order valence-corrected chi connectivity index (χ3v) is 5.77. The van der Waals surface area contributed by atoms with E-state index in [2.05, 4.69) is 29.6 Å². The Labute approximate surface area is 199 Å². The molecule has 1 heterocycles. The predicted octanol–water partition coefficient (Wildman–Crippen LogP) is 3.74. The van der Waals surface area contributed by atoms with Gasteiger partial charge in [0.15, 0.2) is 0 Å². The highest BCUT2D eigenvalue weighted by Crippen LogP contribution is 2.21. The van der Waals surface area contributed by atoms with Crippen LogP contribution in [0.4, 0.5) is 0 Å². The number of nitrogens with one attached hydrogen (secondary N) is 1. The van der Waals surface area contributed by atoms with Crippen molar-refractivity contribution in [1.29, 1.82) is 0 Å². The summed E-state index contributed by atoms with van der Waals surface area (Å²) in [6, 6.07) is 23.9. The number of imidazole rings is 1. The van der Waals surface area contributed by atoms with Gasteiger partial charge in [0.25, 0.3) is 0 Å². The molecule has 0 bridgehead atoms. The van der Waals surface area contributed by atoms with Gasteiger partial charge in [-0.25, -0.2) is 4.79 Å². The van der Waals surface area contributed by atoms with Gasteiger partial charge in [-0.3, -0.25) is 9.13 Å². The number of hydrogen-bond donors (Lipinski definition) is 2. The molecule has 1 aromatic heterocycles.